The van der Waals surface area contributed by atoms with Crippen LogP contribution in [-0.2, 0) is 9.53 Å². The Hall–Kier alpha value is -2.07. The lowest BCUT2D eigenvalue weighted by atomic mass is 9.62. The molecule has 0 radical (unpaired) electrons. The molecule has 0 saturated carbocycles. The van der Waals surface area contributed by atoms with Gasteiger partial charge in [0.05, 0.1) is 5.92 Å². The van der Waals surface area contributed by atoms with Crippen molar-refractivity contribution < 1.29 is 9.53 Å². The van der Waals surface area contributed by atoms with Crippen LogP contribution in [-0.4, -0.2) is 49.7 Å². The van der Waals surface area contributed by atoms with Gasteiger partial charge in [0, 0.05) is 44.3 Å². The molecule has 0 amide bonds. The largest absolute Gasteiger partial charge is 0.461 e. The number of anilines is 1. The summed E-state index contributed by atoms with van der Waals surface area (Å²) in [6.45, 7) is 13.9. The van der Waals surface area contributed by atoms with E-state index in [-0.39, 0.29) is 29.3 Å². The maximum Gasteiger partial charge on any atom is 0.311 e. The number of hydrogen-bond donors (Lipinski definition) is 0. The van der Waals surface area contributed by atoms with Gasteiger partial charge in [-0.3, -0.25) is 9.69 Å². The van der Waals surface area contributed by atoms with Crippen LogP contribution in [0.3, 0.4) is 0 Å². The third-order valence-electron chi connectivity index (χ3n) is 8.44. The molecule has 4 nitrogen and oxygen atoms in total. The van der Waals surface area contributed by atoms with Crippen molar-refractivity contribution in [1.82, 2.24) is 4.90 Å². The maximum atomic E-state index is 12.9. The highest BCUT2D eigenvalue weighted by Gasteiger charge is 2.51. The first-order chi connectivity index (χ1) is 14.9. The second-order valence-electron chi connectivity index (χ2n) is 10.4. The number of allylic oxidation sites excluding steroid dienone is 3. The first-order valence-electron chi connectivity index (χ1n) is 12.0. The first-order valence-corrected chi connectivity index (χ1v) is 12.0. The number of carbonyl (C=O) groups excluding carboxylic acids is 1. The van der Waals surface area contributed by atoms with Gasteiger partial charge in [-0.2, -0.15) is 0 Å². The van der Waals surface area contributed by atoms with Crippen molar-refractivity contribution in [2.24, 2.45) is 17.3 Å². The van der Waals surface area contributed by atoms with Crippen LogP contribution in [0.25, 0.3) is 0 Å². The highest BCUT2D eigenvalue weighted by molar-refractivity contribution is 5.76. The molecular weight excluding hydrogens is 384 g/mol. The van der Waals surface area contributed by atoms with Crippen molar-refractivity contribution in [3.05, 3.63) is 52.6 Å². The molecule has 4 heteroatoms. The van der Waals surface area contributed by atoms with Crippen LogP contribution < -0.4 is 4.90 Å². The molecule has 0 spiro atoms. The number of esters is 1. The maximum absolute atomic E-state index is 12.9. The Bertz CT molecular complexity index is 941. The van der Waals surface area contributed by atoms with Crippen molar-refractivity contribution >= 4 is 11.7 Å². The molecule has 1 aromatic rings. The lowest BCUT2D eigenvalue weighted by molar-refractivity contribution is -0.145. The molecule has 2 saturated heterocycles. The second-order valence-corrected chi connectivity index (χ2v) is 10.4. The smallest absolute Gasteiger partial charge is 0.311 e. The summed E-state index contributed by atoms with van der Waals surface area (Å²) in [5, 5.41) is 0. The Balaban J connectivity index is 1.28. The first kappa shape index (κ1) is 20.8. The van der Waals surface area contributed by atoms with Crippen LogP contribution in [0.5, 0.6) is 0 Å². The predicted octanol–water partition coefficient (Wildman–Crippen LogP) is 4.66. The summed E-state index contributed by atoms with van der Waals surface area (Å²) in [6.07, 6.45) is 8.14. The van der Waals surface area contributed by atoms with Crippen LogP contribution in [0.15, 0.2) is 41.5 Å². The number of aryl methyl sites for hydroxylation is 1. The topological polar surface area (TPSA) is 32.8 Å². The second kappa shape index (κ2) is 7.81. The Kier molecular flexibility index (Phi) is 5.24. The minimum Gasteiger partial charge on any atom is -0.461 e. The van der Waals surface area contributed by atoms with Gasteiger partial charge in [0.1, 0.15) is 6.10 Å². The van der Waals surface area contributed by atoms with Crippen LogP contribution >= 0.6 is 0 Å². The highest BCUT2D eigenvalue weighted by Crippen LogP contribution is 2.52. The van der Waals surface area contributed by atoms with E-state index in [1.165, 1.54) is 34.4 Å². The van der Waals surface area contributed by atoms with Crippen molar-refractivity contribution in [2.75, 3.05) is 37.6 Å². The van der Waals surface area contributed by atoms with E-state index in [0.717, 1.165) is 45.6 Å². The minimum atomic E-state index is -0.0240. The Morgan fingerprint density at radius 1 is 1.13 bits per heavy atom. The number of nitrogens with zero attached hydrogens (tertiary/aromatic N) is 2. The predicted molar refractivity (Wildman–Crippen MR) is 125 cm³/mol. The van der Waals surface area contributed by atoms with Crippen LogP contribution in [0.4, 0.5) is 5.69 Å². The quantitative estimate of drug-likeness (QED) is 0.666. The number of fused-ring (bicyclic) bond motifs is 2. The SMILES string of the molecule is CC1=CCC[C@]2(C)C[C@H]3OC(=O)[C@@H](CN4CCN(c5cccc(C)c5C)CC4)[C@@H]3C=C12. The van der Waals surface area contributed by atoms with Gasteiger partial charge < -0.3 is 9.64 Å². The molecular formula is C27H36N2O2. The van der Waals surface area contributed by atoms with E-state index in [1.54, 1.807) is 0 Å². The molecule has 0 bridgehead atoms. The third-order valence-corrected chi connectivity index (χ3v) is 8.44. The molecule has 1 aromatic carbocycles. The molecule has 0 unspecified atom stereocenters. The molecule has 31 heavy (non-hydrogen) atoms. The molecule has 0 aromatic heterocycles. The summed E-state index contributed by atoms with van der Waals surface area (Å²) < 4.78 is 5.95. The van der Waals surface area contributed by atoms with E-state index < -0.39 is 0 Å². The molecule has 4 atom stereocenters. The Morgan fingerprint density at radius 2 is 1.90 bits per heavy atom. The lowest BCUT2D eigenvalue weighted by Crippen LogP contribution is -2.49. The summed E-state index contributed by atoms with van der Waals surface area (Å²) in [7, 11) is 0. The molecule has 2 fully saturated rings. The number of ether oxygens (including phenoxy) is 1. The average molecular weight is 421 g/mol. The van der Waals surface area contributed by atoms with Gasteiger partial charge in [-0.25, -0.2) is 0 Å². The number of carbonyl (C=O) groups is 1. The molecule has 2 heterocycles. The fourth-order valence-corrected chi connectivity index (χ4v) is 6.37. The fraction of sp³-hybridized carbons (Fsp3) is 0.593. The van der Waals surface area contributed by atoms with Gasteiger partial charge in [0.2, 0.25) is 0 Å². The molecule has 2 aliphatic carbocycles. The van der Waals surface area contributed by atoms with Gasteiger partial charge in [-0.15, -0.1) is 0 Å². The molecule has 0 N–H and O–H groups in total. The minimum absolute atomic E-state index is 0.0210. The zero-order chi connectivity index (χ0) is 21.8. The summed E-state index contributed by atoms with van der Waals surface area (Å²) in [4.78, 5) is 17.8. The van der Waals surface area contributed by atoms with Crippen molar-refractivity contribution in [3.63, 3.8) is 0 Å². The zero-order valence-corrected chi connectivity index (χ0v) is 19.5. The monoisotopic (exact) mass is 420 g/mol. The number of rotatable bonds is 3. The third kappa shape index (κ3) is 3.63. The summed E-state index contributed by atoms with van der Waals surface area (Å²) in [5.74, 6) is 0.228. The van der Waals surface area contributed by atoms with Crippen molar-refractivity contribution in [3.8, 4) is 0 Å². The number of benzene rings is 1. The van der Waals surface area contributed by atoms with E-state index in [4.69, 9.17) is 4.74 Å². The normalized spacial score (nSPS) is 33.4. The highest BCUT2D eigenvalue weighted by atomic mass is 16.6. The van der Waals surface area contributed by atoms with E-state index in [2.05, 4.69) is 67.8 Å². The standard InChI is InChI=1S/C27H36N2O2/c1-18-7-5-9-24(20(18)3)29-13-11-28(12-14-29)17-22-21-15-23-19(2)8-6-10-27(23,4)16-25(21)31-26(22)30/h5,7-9,15,21-22,25H,6,10-14,16-17H2,1-4H3/t21-,22-,25+,27+/m0/s1. The number of hydrogen-bond acceptors (Lipinski definition) is 4. The van der Waals surface area contributed by atoms with Gasteiger partial charge in [0.25, 0.3) is 0 Å². The Labute approximate surface area is 186 Å². The van der Waals surface area contributed by atoms with Crippen LogP contribution in [0.2, 0.25) is 0 Å². The Morgan fingerprint density at radius 3 is 2.68 bits per heavy atom. The molecule has 4 aliphatic rings. The van der Waals surface area contributed by atoms with Crippen molar-refractivity contribution in [2.45, 2.75) is 53.1 Å². The van der Waals surface area contributed by atoms with E-state index in [1.807, 2.05) is 0 Å². The van der Waals surface area contributed by atoms with Gasteiger partial charge in [0.15, 0.2) is 0 Å². The molecule has 166 valence electrons. The summed E-state index contributed by atoms with van der Waals surface area (Å²) in [5.41, 5.74) is 7.15. The van der Waals surface area contributed by atoms with Gasteiger partial charge in [-0.1, -0.05) is 36.8 Å². The van der Waals surface area contributed by atoms with E-state index in [9.17, 15) is 4.79 Å². The van der Waals surface area contributed by atoms with E-state index >= 15 is 0 Å². The number of piperazine rings is 1. The zero-order valence-electron chi connectivity index (χ0n) is 19.5. The van der Waals surface area contributed by atoms with Gasteiger partial charge >= 0.3 is 5.97 Å². The average Bonchev–Trinajstić information content (AvgIpc) is 3.03. The summed E-state index contributed by atoms with van der Waals surface area (Å²) in [6, 6.07) is 6.58. The van der Waals surface area contributed by atoms with Crippen molar-refractivity contribution in [1.29, 1.82) is 0 Å². The van der Waals surface area contributed by atoms with Gasteiger partial charge in [-0.05, 0) is 68.2 Å². The fourth-order valence-electron chi connectivity index (χ4n) is 6.37. The van der Waals surface area contributed by atoms with Crippen LogP contribution in [0, 0.1) is 31.1 Å². The van der Waals surface area contributed by atoms with Crippen LogP contribution in [0.1, 0.15) is 44.2 Å². The lowest BCUT2D eigenvalue weighted by Gasteiger charge is -2.43. The van der Waals surface area contributed by atoms with E-state index in [0.29, 0.717) is 0 Å². The molecule has 5 rings (SSSR count). The summed E-state index contributed by atoms with van der Waals surface area (Å²) >= 11 is 0. The molecule has 2 aliphatic heterocycles.